The summed E-state index contributed by atoms with van der Waals surface area (Å²) in [6, 6.07) is -0.644. The number of carbonyl (C=O) groups is 2. The van der Waals surface area contributed by atoms with Crippen molar-refractivity contribution in [2.75, 3.05) is 19.1 Å². The summed E-state index contributed by atoms with van der Waals surface area (Å²) in [6.07, 6.45) is 1.24. The number of nitrogens with one attached hydrogen (secondary N) is 2. The van der Waals surface area contributed by atoms with Gasteiger partial charge in [0.25, 0.3) is 0 Å². The molecule has 0 saturated carbocycles. The number of amides is 2. The Morgan fingerprint density at radius 2 is 2.15 bits per heavy atom. The van der Waals surface area contributed by atoms with E-state index in [-0.39, 0.29) is 5.91 Å². The maximum atomic E-state index is 11.1. The fraction of sp³-hybridized carbons (Fsp3) is 0.714. The van der Waals surface area contributed by atoms with E-state index in [4.69, 9.17) is 5.11 Å². The Balaban J connectivity index is 4.02. The molecule has 0 aliphatic rings. The van der Waals surface area contributed by atoms with Crippen LogP contribution < -0.4 is 10.6 Å². The van der Waals surface area contributed by atoms with Crippen molar-refractivity contribution in [3.05, 3.63) is 0 Å². The summed E-state index contributed by atoms with van der Waals surface area (Å²) < 4.78 is 0. The van der Waals surface area contributed by atoms with Gasteiger partial charge in [0.15, 0.2) is 0 Å². The first-order chi connectivity index (χ1) is 6.11. The van der Waals surface area contributed by atoms with Crippen molar-refractivity contribution in [1.29, 1.82) is 0 Å². The number of hydrogen-bond donors (Lipinski definition) is 3. The van der Waals surface area contributed by atoms with Gasteiger partial charge in [-0.05, 0) is 18.4 Å². The van der Waals surface area contributed by atoms with Crippen LogP contribution in [0.25, 0.3) is 0 Å². The second-order valence-electron chi connectivity index (χ2n) is 2.40. The highest BCUT2D eigenvalue weighted by atomic mass is 32.2. The van der Waals surface area contributed by atoms with E-state index in [9.17, 15) is 9.59 Å². The Labute approximate surface area is 81.3 Å². The van der Waals surface area contributed by atoms with Crippen LogP contribution in [0.5, 0.6) is 0 Å². The average Bonchev–Trinajstić information content (AvgIpc) is 2.10. The third-order valence-electron chi connectivity index (χ3n) is 1.47. The minimum absolute atomic E-state index is 0.295. The summed E-state index contributed by atoms with van der Waals surface area (Å²) in [5, 5.41) is 13.0. The number of likely N-dealkylation sites (N-methyl/N-ethyl adjacent to an activating group) is 1. The van der Waals surface area contributed by atoms with Crippen LogP contribution >= 0.6 is 11.8 Å². The minimum Gasteiger partial charge on any atom is -0.465 e. The Hall–Kier alpha value is -0.910. The highest BCUT2D eigenvalue weighted by Gasteiger charge is 2.18. The van der Waals surface area contributed by atoms with Crippen LogP contribution in [0, 0.1) is 0 Å². The molecule has 6 heteroatoms. The molecule has 5 nitrogen and oxygen atoms in total. The van der Waals surface area contributed by atoms with Gasteiger partial charge in [-0.3, -0.25) is 4.79 Å². The molecular formula is C7H14N2O3S. The molecule has 1 atom stereocenters. The molecule has 0 spiro atoms. The van der Waals surface area contributed by atoms with E-state index in [1.807, 2.05) is 6.26 Å². The molecule has 76 valence electrons. The van der Waals surface area contributed by atoms with E-state index < -0.39 is 12.1 Å². The van der Waals surface area contributed by atoms with Gasteiger partial charge >= 0.3 is 6.09 Å². The average molecular weight is 206 g/mol. The van der Waals surface area contributed by atoms with Crippen molar-refractivity contribution < 1.29 is 14.7 Å². The van der Waals surface area contributed by atoms with Crippen molar-refractivity contribution in [1.82, 2.24) is 10.6 Å². The lowest BCUT2D eigenvalue weighted by molar-refractivity contribution is -0.122. The second-order valence-corrected chi connectivity index (χ2v) is 3.38. The minimum atomic E-state index is -1.17. The fourth-order valence-electron chi connectivity index (χ4n) is 0.828. The third-order valence-corrected chi connectivity index (χ3v) is 2.12. The molecule has 2 amide bonds. The van der Waals surface area contributed by atoms with Crippen LogP contribution in [0.2, 0.25) is 0 Å². The van der Waals surface area contributed by atoms with Crippen molar-refractivity contribution in [3.8, 4) is 0 Å². The molecule has 0 rings (SSSR count). The van der Waals surface area contributed by atoms with Gasteiger partial charge in [0.2, 0.25) is 5.91 Å². The van der Waals surface area contributed by atoms with E-state index in [1.165, 1.54) is 7.05 Å². The molecule has 3 N–H and O–H groups in total. The van der Waals surface area contributed by atoms with E-state index in [0.717, 1.165) is 5.75 Å². The van der Waals surface area contributed by atoms with E-state index in [0.29, 0.717) is 6.42 Å². The Morgan fingerprint density at radius 3 is 2.54 bits per heavy atom. The number of thioether (sulfide) groups is 1. The zero-order valence-electron chi connectivity index (χ0n) is 7.66. The lowest BCUT2D eigenvalue weighted by Gasteiger charge is -2.14. The first-order valence-corrected chi connectivity index (χ1v) is 5.21. The summed E-state index contributed by atoms with van der Waals surface area (Å²) in [5.74, 6) is 0.453. The molecule has 0 saturated heterocycles. The SMILES string of the molecule is CNC(=O)[C@@H](CCSC)NC(=O)O. The van der Waals surface area contributed by atoms with E-state index in [2.05, 4.69) is 10.6 Å². The number of carbonyl (C=O) groups excluding carboxylic acids is 1. The Kier molecular flexibility index (Phi) is 6.13. The van der Waals surface area contributed by atoms with Crippen molar-refractivity contribution in [2.45, 2.75) is 12.5 Å². The molecule has 13 heavy (non-hydrogen) atoms. The third kappa shape index (κ3) is 5.35. The zero-order chi connectivity index (χ0) is 10.3. The summed E-state index contributed by atoms with van der Waals surface area (Å²) in [6.45, 7) is 0. The van der Waals surface area contributed by atoms with Crippen LogP contribution in [-0.4, -0.2) is 42.2 Å². The Morgan fingerprint density at radius 1 is 1.54 bits per heavy atom. The summed E-state index contributed by atoms with van der Waals surface area (Å²) in [5.41, 5.74) is 0. The van der Waals surface area contributed by atoms with Gasteiger partial charge in [0.1, 0.15) is 6.04 Å². The zero-order valence-corrected chi connectivity index (χ0v) is 8.48. The maximum absolute atomic E-state index is 11.1. The van der Waals surface area contributed by atoms with Crippen LogP contribution in [-0.2, 0) is 4.79 Å². The molecule has 0 aliphatic carbocycles. The predicted molar refractivity (Wildman–Crippen MR) is 52.0 cm³/mol. The number of hydrogen-bond acceptors (Lipinski definition) is 3. The van der Waals surface area contributed by atoms with Crippen LogP contribution in [0.4, 0.5) is 4.79 Å². The monoisotopic (exact) mass is 206 g/mol. The van der Waals surface area contributed by atoms with Gasteiger partial charge in [-0.15, -0.1) is 0 Å². The predicted octanol–water partition coefficient (Wildman–Crippen LogP) is 0.122. The fourth-order valence-corrected chi connectivity index (χ4v) is 1.30. The van der Waals surface area contributed by atoms with Crippen LogP contribution in [0.3, 0.4) is 0 Å². The van der Waals surface area contributed by atoms with E-state index in [1.54, 1.807) is 11.8 Å². The molecule has 0 unspecified atom stereocenters. The standard InChI is InChI=1S/C7H14N2O3S/c1-8-6(10)5(3-4-13-2)9-7(11)12/h5,9H,3-4H2,1-2H3,(H,8,10)(H,11,12)/t5-/m1/s1. The lowest BCUT2D eigenvalue weighted by Crippen LogP contribution is -2.45. The molecule has 0 bridgehead atoms. The van der Waals surface area contributed by atoms with Gasteiger partial charge in [0, 0.05) is 7.05 Å². The van der Waals surface area contributed by atoms with Gasteiger partial charge in [-0.1, -0.05) is 0 Å². The molecule has 0 aliphatic heterocycles. The first-order valence-electron chi connectivity index (χ1n) is 3.81. The molecule has 0 aromatic heterocycles. The molecule has 0 heterocycles. The van der Waals surface area contributed by atoms with Crippen molar-refractivity contribution in [3.63, 3.8) is 0 Å². The number of carboxylic acid groups (broad SMARTS) is 1. The normalized spacial score (nSPS) is 11.8. The second kappa shape index (κ2) is 6.59. The molecule has 0 radical (unpaired) electrons. The van der Waals surface area contributed by atoms with Gasteiger partial charge < -0.3 is 15.7 Å². The smallest absolute Gasteiger partial charge is 0.405 e. The van der Waals surface area contributed by atoms with Crippen molar-refractivity contribution in [2.24, 2.45) is 0 Å². The summed E-state index contributed by atoms with van der Waals surface area (Å²) in [4.78, 5) is 21.4. The largest absolute Gasteiger partial charge is 0.465 e. The summed E-state index contributed by atoms with van der Waals surface area (Å²) >= 11 is 1.57. The molecule has 0 aromatic rings. The van der Waals surface area contributed by atoms with Gasteiger partial charge in [0.05, 0.1) is 0 Å². The highest BCUT2D eigenvalue weighted by molar-refractivity contribution is 7.98. The van der Waals surface area contributed by atoms with Gasteiger partial charge in [-0.25, -0.2) is 4.79 Å². The maximum Gasteiger partial charge on any atom is 0.405 e. The highest BCUT2D eigenvalue weighted by Crippen LogP contribution is 2.00. The first kappa shape index (κ1) is 12.1. The molecule has 0 fully saturated rings. The lowest BCUT2D eigenvalue weighted by atomic mass is 10.2. The van der Waals surface area contributed by atoms with Gasteiger partial charge in [-0.2, -0.15) is 11.8 Å². The molecular weight excluding hydrogens is 192 g/mol. The topological polar surface area (TPSA) is 78.4 Å². The summed E-state index contributed by atoms with van der Waals surface area (Å²) in [7, 11) is 1.48. The number of rotatable bonds is 5. The van der Waals surface area contributed by atoms with E-state index >= 15 is 0 Å². The van der Waals surface area contributed by atoms with Crippen LogP contribution in [0.1, 0.15) is 6.42 Å². The molecule has 0 aromatic carbocycles. The van der Waals surface area contributed by atoms with Crippen molar-refractivity contribution >= 4 is 23.8 Å². The van der Waals surface area contributed by atoms with Crippen LogP contribution in [0.15, 0.2) is 0 Å². The Bertz CT molecular complexity index is 187. The quantitative estimate of drug-likeness (QED) is 0.597.